The second-order valence-electron chi connectivity index (χ2n) is 7.34. The number of methoxy groups -OCH3 is 1. The Labute approximate surface area is 127 Å². The standard InChI is InChI=1S/C19H26O2/c1-13-12-19(15-6-8-16(21-5)9-7-15)14(2)17(13,3)10-11-18(19,4)20/h6-9,12,14,20H,10-11H2,1-5H3/t14-,17+,18+,19-/m0/s1. The Hall–Kier alpha value is -1.28. The molecule has 21 heavy (non-hydrogen) atoms. The highest BCUT2D eigenvalue weighted by Gasteiger charge is 2.63. The summed E-state index contributed by atoms with van der Waals surface area (Å²) in [5.74, 6) is 1.25. The Morgan fingerprint density at radius 1 is 1.14 bits per heavy atom. The van der Waals surface area contributed by atoms with Crippen molar-refractivity contribution in [2.45, 2.75) is 51.6 Å². The molecule has 1 N–H and O–H groups in total. The summed E-state index contributed by atoms with van der Waals surface area (Å²) < 4.78 is 5.28. The summed E-state index contributed by atoms with van der Waals surface area (Å²) in [5.41, 5.74) is 1.81. The maximum Gasteiger partial charge on any atom is 0.118 e. The molecule has 1 aromatic carbocycles. The van der Waals surface area contributed by atoms with Crippen LogP contribution in [0.25, 0.3) is 0 Å². The Balaban J connectivity index is 2.19. The summed E-state index contributed by atoms with van der Waals surface area (Å²) in [6.45, 7) is 8.88. The zero-order valence-corrected chi connectivity index (χ0v) is 13.7. The van der Waals surface area contributed by atoms with E-state index in [1.54, 1.807) is 7.11 Å². The molecule has 4 atom stereocenters. The first kappa shape index (κ1) is 14.6. The molecule has 1 saturated carbocycles. The van der Waals surface area contributed by atoms with Crippen LogP contribution in [-0.4, -0.2) is 17.8 Å². The molecule has 0 saturated heterocycles. The molecule has 0 heterocycles. The Kier molecular flexibility index (Phi) is 3.04. The smallest absolute Gasteiger partial charge is 0.118 e. The highest BCUT2D eigenvalue weighted by Crippen LogP contribution is 2.65. The van der Waals surface area contributed by atoms with Gasteiger partial charge in [0.15, 0.2) is 0 Å². The van der Waals surface area contributed by atoms with Crippen LogP contribution < -0.4 is 4.74 Å². The van der Waals surface area contributed by atoms with E-state index in [1.165, 1.54) is 11.1 Å². The molecule has 0 amide bonds. The molecule has 0 radical (unpaired) electrons. The Morgan fingerprint density at radius 2 is 1.76 bits per heavy atom. The minimum Gasteiger partial charge on any atom is -0.497 e. The SMILES string of the molecule is COc1ccc([C@@]23C=C(C)[C@@](C)(CC[C@@]2(C)O)[C@@H]3C)cc1. The number of benzene rings is 1. The van der Waals surface area contributed by atoms with Gasteiger partial charge in [-0.2, -0.15) is 0 Å². The van der Waals surface area contributed by atoms with Gasteiger partial charge in [-0.15, -0.1) is 0 Å². The minimum absolute atomic E-state index is 0.197. The van der Waals surface area contributed by atoms with Crippen LogP contribution in [0.4, 0.5) is 0 Å². The molecule has 3 rings (SSSR count). The van der Waals surface area contributed by atoms with Crippen molar-refractivity contribution in [1.29, 1.82) is 0 Å². The molecule has 0 aromatic heterocycles. The lowest BCUT2D eigenvalue weighted by atomic mass is 9.52. The van der Waals surface area contributed by atoms with Crippen molar-refractivity contribution in [3.63, 3.8) is 0 Å². The van der Waals surface area contributed by atoms with E-state index < -0.39 is 5.60 Å². The summed E-state index contributed by atoms with van der Waals surface area (Å²) >= 11 is 0. The minimum atomic E-state index is -0.710. The quantitative estimate of drug-likeness (QED) is 0.830. The number of ether oxygens (including phenoxy) is 1. The van der Waals surface area contributed by atoms with Crippen molar-refractivity contribution >= 4 is 0 Å². The van der Waals surface area contributed by atoms with E-state index in [0.29, 0.717) is 5.92 Å². The first-order valence-electron chi connectivity index (χ1n) is 7.85. The Bertz CT molecular complexity index is 584. The van der Waals surface area contributed by atoms with Crippen molar-refractivity contribution in [1.82, 2.24) is 0 Å². The van der Waals surface area contributed by atoms with Gasteiger partial charge in [0.2, 0.25) is 0 Å². The summed E-state index contributed by atoms with van der Waals surface area (Å²) in [5, 5.41) is 11.2. The second-order valence-corrected chi connectivity index (χ2v) is 7.34. The van der Waals surface area contributed by atoms with Gasteiger partial charge >= 0.3 is 0 Å². The van der Waals surface area contributed by atoms with E-state index in [4.69, 9.17) is 4.74 Å². The van der Waals surface area contributed by atoms with E-state index in [0.717, 1.165) is 18.6 Å². The van der Waals surface area contributed by atoms with Gasteiger partial charge in [0.05, 0.1) is 12.7 Å². The first-order valence-corrected chi connectivity index (χ1v) is 7.85. The molecule has 1 aromatic rings. The molecule has 0 unspecified atom stereocenters. The van der Waals surface area contributed by atoms with Crippen LogP contribution in [0.5, 0.6) is 5.75 Å². The third-order valence-corrected chi connectivity index (χ3v) is 6.57. The van der Waals surface area contributed by atoms with Crippen LogP contribution in [0, 0.1) is 11.3 Å². The predicted molar refractivity (Wildman–Crippen MR) is 85.6 cm³/mol. The van der Waals surface area contributed by atoms with Gasteiger partial charge in [0, 0.05) is 5.41 Å². The number of hydrogen-bond donors (Lipinski definition) is 1. The first-order chi connectivity index (χ1) is 9.78. The van der Waals surface area contributed by atoms with Gasteiger partial charge in [-0.25, -0.2) is 0 Å². The van der Waals surface area contributed by atoms with Crippen molar-refractivity contribution in [3.8, 4) is 5.75 Å². The number of aliphatic hydroxyl groups is 1. The van der Waals surface area contributed by atoms with Crippen LogP contribution in [-0.2, 0) is 5.41 Å². The van der Waals surface area contributed by atoms with Crippen LogP contribution in [0.2, 0.25) is 0 Å². The van der Waals surface area contributed by atoms with Gasteiger partial charge < -0.3 is 9.84 Å². The monoisotopic (exact) mass is 286 g/mol. The van der Waals surface area contributed by atoms with Crippen LogP contribution in [0.15, 0.2) is 35.9 Å². The van der Waals surface area contributed by atoms with Crippen LogP contribution in [0.1, 0.15) is 46.1 Å². The summed E-state index contributed by atoms with van der Waals surface area (Å²) in [4.78, 5) is 0. The lowest BCUT2D eigenvalue weighted by Gasteiger charge is -2.54. The molecule has 1 fully saturated rings. The summed E-state index contributed by atoms with van der Waals surface area (Å²) in [7, 11) is 1.68. The van der Waals surface area contributed by atoms with E-state index >= 15 is 0 Å². The van der Waals surface area contributed by atoms with E-state index in [9.17, 15) is 5.11 Å². The van der Waals surface area contributed by atoms with Gasteiger partial charge in [-0.3, -0.25) is 0 Å². The van der Waals surface area contributed by atoms with Crippen LogP contribution >= 0.6 is 0 Å². The highest BCUT2D eigenvalue weighted by atomic mass is 16.5. The maximum absolute atomic E-state index is 11.2. The molecular weight excluding hydrogens is 260 g/mol. The topological polar surface area (TPSA) is 29.5 Å². The average Bonchev–Trinajstić information content (AvgIpc) is 2.63. The zero-order chi connectivity index (χ0) is 15.5. The third-order valence-electron chi connectivity index (χ3n) is 6.57. The molecular formula is C19H26O2. The van der Waals surface area contributed by atoms with E-state index in [1.807, 2.05) is 19.1 Å². The molecule has 2 heteroatoms. The number of fused-ring (bicyclic) bond motifs is 2. The molecule has 2 aliphatic rings. The van der Waals surface area contributed by atoms with Gasteiger partial charge in [0.1, 0.15) is 5.75 Å². The van der Waals surface area contributed by atoms with Crippen molar-refractivity contribution in [2.75, 3.05) is 7.11 Å². The lowest BCUT2D eigenvalue weighted by molar-refractivity contribution is -0.0821. The number of allylic oxidation sites excluding steroid dienone is 1. The molecule has 2 bridgehead atoms. The van der Waals surface area contributed by atoms with Crippen molar-refractivity contribution in [3.05, 3.63) is 41.5 Å². The van der Waals surface area contributed by atoms with Gasteiger partial charge in [-0.05, 0) is 55.7 Å². The summed E-state index contributed by atoms with van der Waals surface area (Å²) in [6, 6.07) is 8.23. The normalized spacial score (nSPS) is 41.8. The fourth-order valence-corrected chi connectivity index (χ4v) is 4.73. The maximum atomic E-state index is 11.2. The molecule has 2 nitrogen and oxygen atoms in total. The molecule has 2 aliphatic carbocycles. The van der Waals surface area contributed by atoms with Gasteiger partial charge in [0.25, 0.3) is 0 Å². The number of hydrogen-bond acceptors (Lipinski definition) is 2. The lowest BCUT2D eigenvalue weighted by Crippen LogP contribution is -2.57. The zero-order valence-electron chi connectivity index (χ0n) is 13.7. The highest BCUT2D eigenvalue weighted by molar-refractivity contribution is 5.48. The molecule has 0 aliphatic heterocycles. The average molecular weight is 286 g/mol. The fourth-order valence-electron chi connectivity index (χ4n) is 4.73. The van der Waals surface area contributed by atoms with Crippen molar-refractivity contribution < 1.29 is 9.84 Å². The number of rotatable bonds is 2. The van der Waals surface area contributed by atoms with Crippen LogP contribution in [0.3, 0.4) is 0 Å². The Morgan fingerprint density at radius 3 is 2.33 bits per heavy atom. The molecule has 114 valence electrons. The second kappa shape index (κ2) is 4.36. The largest absolute Gasteiger partial charge is 0.497 e. The molecule has 0 spiro atoms. The van der Waals surface area contributed by atoms with E-state index in [-0.39, 0.29) is 10.8 Å². The van der Waals surface area contributed by atoms with Gasteiger partial charge in [-0.1, -0.05) is 37.6 Å². The fraction of sp³-hybridized carbons (Fsp3) is 0.579. The summed E-state index contributed by atoms with van der Waals surface area (Å²) in [6.07, 6.45) is 4.24. The predicted octanol–water partition coefficient (Wildman–Crippen LogP) is 4.08. The van der Waals surface area contributed by atoms with Crippen molar-refractivity contribution in [2.24, 2.45) is 11.3 Å². The third kappa shape index (κ3) is 1.69. The van der Waals surface area contributed by atoms with E-state index in [2.05, 4.69) is 39.0 Å².